The Morgan fingerprint density at radius 2 is 2.13 bits per heavy atom. The second-order valence-electron chi connectivity index (χ2n) is 4.12. The summed E-state index contributed by atoms with van der Waals surface area (Å²) in [6, 6.07) is 5.53. The zero-order valence-corrected chi connectivity index (χ0v) is 9.82. The van der Waals surface area contributed by atoms with Crippen molar-refractivity contribution in [2.24, 2.45) is 0 Å². The third-order valence-electron chi connectivity index (χ3n) is 2.83. The zero-order valence-electron chi connectivity index (χ0n) is 8.31. The summed E-state index contributed by atoms with van der Waals surface area (Å²) >= 11 is 12.1. The molecular weight excluding hydrogens is 233 g/mol. The predicted octanol–water partition coefficient (Wildman–Crippen LogP) is 2.77. The molecule has 1 atom stereocenters. The van der Waals surface area contributed by atoms with E-state index in [-0.39, 0.29) is 11.3 Å². The van der Waals surface area contributed by atoms with E-state index in [9.17, 15) is 4.79 Å². The van der Waals surface area contributed by atoms with Crippen molar-refractivity contribution in [1.29, 1.82) is 0 Å². The first-order chi connectivity index (χ1) is 7.03. The summed E-state index contributed by atoms with van der Waals surface area (Å²) < 4.78 is 0. The van der Waals surface area contributed by atoms with Crippen LogP contribution in [0.3, 0.4) is 0 Å². The molecule has 1 N–H and O–H groups in total. The van der Waals surface area contributed by atoms with Crippen molar-refractivity contribution in [3.63, 3.8) is 0 Å². The standard InChI is InChI=1S/C11H11Cl2NO/c1-11(5-9(15)14-6-11)7-3-2-4-8(12)10(7)13/h2-4H,5-6H2,1H3,(H,14,15). The summed E-state index contributed by atoms with van der Waals surface area (Å²) in [5, 5.41) is 3.91. The van der Waals surface area contributed by atoms with Crippen LogP contribution in [0.4, 0.5) is 0 Å². The van der Waals surface area contributed by atoms with Crippen LogP contribution >= 0.6 is 23.2 Å². The third-order valence-corrected chi connectivity index (χ3v) is 3.65. The summed E-state index contributed by atoms with van der Waals surface area (Å²) in [4.78, 5) is 11.2. The van der Waals surface area contributed by atoms with Crippen LogP contribution in [0, 0.1) is 0 Å². The van der Waals surface area contributed by atoms with Gasteiger partial charge in [0.1, 0.15) is 0 Å². The summed E-state index contributed by atoms with van der Waals surface area (Å²) in [5.74, 6) is 0.0635. The maximum absolute atomic E-state index is 11.2. The lowest BCUT2D eigenvalue weighted by Crippen LogP contribution is -2.25. The van der Waals surface area contributed by atoms with Gasteiger partial charge in [-0.15, -0.1) is 0 Å². The highest BCUT2D eigenvalue weighted by molar-refractivity contribution is 6.42. The second kappa shape index (κ2) is 3.69. The van der Waals surface area contributed by atoms with Crippen molar-refractivity contribution in [2.75, 3.05) is 6.54 Å². The molecule has 1 amide bonds. The summed E-state index contributed by atoms with van der Waals surface area (Å²) in [6.07, 6.45) is 0.465. The van der Waals surface area contributed by atoms with Crippen LogP contribution in [0.15, 0.2) is 18.2 Å². The van der Waals surface area contributed by atoms with E-state index in [1.807, 2.05) is 19.1 Å². The molecule has 1 aliphatic heterocycles. The summed E-state index contributed by atoms with van der Waals surface area (Å²) in [7, 11) is 0. The van der Waals surface area contributed by atoms with E-state index in [1.165, 1.54) is 0 Å². The second-order valence-corrected chi connectivity index (χ2v) is 4.90. The Morgan fingerprint density at radius 1 is 1.40 bits per heavy atom. The van der Waals surface area contributed by atoms with Gasteiger partial charge < -0.3 is 5.32 Å². The molecule has 4 heteroatoms. The van der Waals surface area contributed by atoms with Crippen LogP contribution in [0.2, 0.25) is 10.0 Å². The van der Waals surface area contributed by atoms with Gasteiger partial charge in [-0.3, -0.25) is 4.79 Å². The number of amides is 1. The SMILES string of the molecule is CC1(c2cccc(Cl)c2Cl)CNC(=O)C1. The largest absolute Gasteiger partial charge is 0.355 e. The third kappa shape index (κ3) is 1.84. The fourth-order valence-corrected chi connectivity index (χ4v) is 2.46. The smallest absolute Gasteiger partial charge is 0.220 e. The van der Waals surface area contributed by atoms with Gasteiger partial charge in [0.25, 0.3) is 0 Å². The van der Waals surface area contributed by atoms with Crippen LogP contribution in [-0.2, 0) is 10.2 Å². The number of nitrogens with one attached hydrogen (secondary N) is 1. The van der Waals surface area contributed by atoms with Gasteiger partial charge in [-0.25, -0.2) is 0 Å². The fourth-order valence-electron chi connectivity index (χ4n) is 1.93. The molecule has 1 aliphatic rings. The van der Waals surface area contributed by atoms with E-state index in [0.29, 0.717) is 23.0 Å². The number of hydrogen-bond donors (Lipinski definition) is 1. The highest BCUT2D eigenvalue weighted by Gasteiger charge is 2.37. The first kappa shape index (κ1) is 10.8. The number of halogens is 2. The molecule has 1 fully saturated rings. The highest BCUT2D eigenvalue weighted by atomic mass is 35.5. The van der Waals surface area contributed by atoms with E-state index in [1.54, 1.807) is 6.07 Å². The van der Waals surface area contributed by atoms with Crippen LogP contribution in [0.5, 0.6) is 0 Å². The van der Waals surface area contributed by atoms with Crippen molar-refractivity contribution in [3.05, 3.63) is 33.8 Å². The highest BCUT2D eigenvalue weighted by Crippen LogP contribution is 2.38. The molecule has 2 nitrogen and oxygen atoms in total. The molecule has 1 heterocycles. The van der Waals surface area contributed by atoms with Gasteiger partial charge in [0, 0.05) is 18.4 Å². The summed E-state index contributed by atoms with van der Waals surface area (Å²) in [6.45, 7) is 2.63. The van der Waals surface area contributed by atoms with Crippen molar-refractivity contribution in [1.82, 2.24) is 5.32 Å². The first-order valence-electron chi connectivity index (χ1n) is 4.74. The number of hydrogen-bond acceptors (Lipinski definition) is 1. The van der Waals surface area contributed by atoms with Gasteiger partial charge in [-0.2, -0.15) is 0 Å². The van der Waals surface area contributed by atoms with Gasteiger partial charge >= 0.3 is 0 Å². The normalized spacial score (nSPS) is 25.4. The molecule has 0 spiro atoms. The van der Waals surface area contributed by atoms with E-state index < -0.39 is 0 Å². The molecule has 15 heavy (non-hydrogen) atoms. The van der Waals surface area contributed by atoms with Crippen molar-refractivity contribution < 1.29 is 4.79 Å². The van der Waals surface area contributed by atoms with Crippen LogP contribution in [0.1, 0.15) is 18.9 Å². The maximum atomic E-state index is 11.2. The topological polar surface area (TPSA) is 29.1 Å². The quantitative estimate of drug-likeness (QED) is 0.808. The van der Waals surface area contributed by atoms with E-state index in [4.69, 9.17) is 23.2 Å². The molecular formula is C11H11Cl2NO. The van der Waals surface area contributed by atoms with E-state index in [2.05, 4.69) is 5.32 Å². The molecule has 80 valence electrons. The van der Waals surface area contributed by atoms with Gasteiger partial charge in [0.15, 0.2) is 0 Å². The van der Waals surface area contributed by atoms with E-state index in [0.717, 1.165) is 5.56 Å². The lowest BCUT2D eigenvalue weighted by molar-refractivity contribution is -0.119. The van der Waals surface area contributed by atoms with E-state index >= 15 is 0 Å². The number of benzene rings is 1. The van der Waals surface area contributed by atoms with Crippen LogP contribution in [0.25, 0.3) is 0 Å². The molecule has 1 unspecified atom stereocenters. The molecule has 1 saturated heterocycles. The average Bonchev–Trinajstić information content (AvgIpc) is 2.52. The molecule has 0 bridgehead atoms. The van der Waals surface area contributed by atoms with Crippen molar-refractivity contribution in [2.45, 2.75) is 18.8 Å². The monoisotopic (exact) mass is 243 g/mol. The van der Waals surface area contributed by atoms with Crippen LogP contribution in [-0.4, -0.2) is 12.5 Å². The van der Waals surface area contributed by atoms with Crippen LogP contribution < -0.4 is 5.32 Å². The number of carbonyl (C=O) groups excluding carboxylic acids is 1. The molecule has 0 radical (unpaired) electrons. The lowest BCUT2D eigenvalue weighted by Gasteiger charge is -2.23. The Bertz CT molecular complexity index is 419. The van der Waals surface area contributed by atoms with Crippen molar-refractivity contribution in [3.8, 4) is 0 Å². The molecule has 1 aromatic carbocycles. The van der Waals surface area contributed by atoms with Gasteiger partial charge in [-0.1, -0.05) is 42.3 Å². The predicted molar refractivity (Wildman–Crippen MR) is 61.4 cm³/mol. The van der Waals surface area contributed by atoms with Gasteiger partial charge in [0.2, 0.25) is 5.91 Å². The zero-order chi connectivity index (χ0) is 11.1. The molecule has 1 aromatic rings. The Hall–Kier alpha value is -0.730. The Labute approximate surface area is 98.6 Å². The summed E-state index contributed by atoms with van der Waals surface area (Å²) in [5.41, 5.74) is 0.703. The Morgan fingerprint density at radius 3 is 2.73 bits per heavy atom. The molecule has 0 saturated carbocycles. The minimum atomic E-state index is -0.237. The number of carbonyl (C=O) groups is 1. The van der Waals surface area contributed by atoms with Gasteiger partial charge in [-0.05, 0) is 11.6 Å². The molecule has 2 rings (SSSR count). The average molecular weight is 244 g/mol. The minimum Gasteiger partial charge on any atom is -0.355 e. The lowest BCUT2D eigenvalue weighted by atomic mass is 9.82. The maximum Gasteiger partial charge on any atom is 0.220 e. The minimum absolute atomic E-state index is 0.0635. The molecule has 0 aliphatic carbocycles. The Balaban J connectivity index is 2.45. The fraction of sp³-hybridized carbons (Fsp3) is 0.364. The van der Waals surface area contributed by atoms with Gasteiger partial charge in [0.05, 0.1) is 10.0 Å². The Kier molecular flexibility index (Phi) is 2.65. The molecule has 0 aromatic heterocycles. The van der Waals surface area contributed by atoms with Crippen molar-refractivity contribution >= 4 is 29.1 Å². The number of rotatable bonds is 1. The first-order valence-corrected chi connectivity index (χ1v) is 5.50.